The molecule has 3 aliphatic rings. The van der Waals surface area contributed by atoms with E-state index >= 15 is 0 Å². The van der Waals surface area contributed by atoms with E-state index in [0.717, 1.165) is 68.3 Å². The van der Waals surface area contributed by atoms with Gasteiger partial charge in [-0.15, -0.1) is 0 Å². The Morgan fingerprint density at radius 1 is 0.855 bits per heavy atom. The van der Waals surface area contributed by atoms with Gasteiger partial charge in [0.05, 0.1) is 55.8 Å². The Bertz CT molecular complexity index is 2510. The van der Waals surface area contributed by atoms with Gasteiger partial charge in [-0.3, -0.25) is 9.59 Å². The molecule has 16 heteroatoms. The van der Waals surface area contributed by atoms with Gasteiger partial charge in [0.1, 0.15) is 36.1 Å². The van der Waals surface area contributed by atoms with E-state index in [-0.39, 0.29) is 47.7 Å². The third-order valence-electron chi connectivity index (χ3n) is 12.7. The summed E-state index contributed by atoms with van der Waals surface area (Å²) in [5, 5.41) is 7.39. The van der Waals surface area contributed by atoms with Gasteiger partial charge in [-0.1, -0.05) is 45.9 Å². The van der Waals surface area contributed by atoms with Crippen molar-refractivity contribution in [2.45, 2.75) is 90.7 Å². The Labute approximate surface area is 360 Å². The number of hydrogen-bond acceptors (Lipinski definition) is 10. The van der Waals surface area contributed by atoms with Crippen LogP contribution in [0.2, 0.25) is 0 Å². The lowest BCUT2D eigenvalue weighted by Gasteiger charge is -2.32. The minimum Gasteiger partial charge on any atom is -0.488 e. The molecular formula is C46H56N8O8. The third-order valence-corrected chi connectivity index (χ3v) is 12.7. The van der Waals surface area contributed by atoms with E-state index in [2.05, 4.69) is 57.0 Å². The Morgan fingerprint density at radius 3 is 2.27 bits per heavy atom. The monoisotopic (exact) mass is 848 g/mol. The smallest absolute Gasteiger partial charge is 0.407 e. The average molecular weight is 849 g/mol. The molecule has 4 amide bonds. The quantitative estimate of drug-likeness (QED) is 0.107. The number of aromatic amines is 2. The second kappa shape index (κ2) is 17.3. The first-order valence-corrected chi connectivity index (χ1v) is 21.4. The molecule has 0 bridgehead atoms. The number of amides is 4. The van der Waals surface area contributed by atoms with E-state index in [9.17, 15) is 19.2 Å². The van der Waals surface area contributed by atoms with Crippen molar-refractivity contribution in [3.63, 3.8) is 0 Å². The van der Waals surface area contributed by atoms with Gasteiger partial charge in [0.15, 0.2) is 0 Å². The molecule has 3 aliphatic heterocycles. The highest BCUT2D eigenvalue weighted by Gasteiger charge is 2.43. The van der Waals surface area contributed by atoms with Gasteiger partial charge in [0.25, 0.3) is 0 Å². The summed E-state index contributed by atoms with van der Waals surface area (Å²) in [6, 6.07) is 12.5. The Balaban J connectivity index is 1.05. The average Bonchev–Trinajstić information content (AvgIpc) is 4.09. The van der Waals surface area contributed by atoms with Crippen molar-refractivity contribution in [3.8, 4) is 28.1 Å². The highest BCUT2D eigenvalue weighted by atomic mass is 16.5. The van der Waals surface area contributed by atoms with Crippen molar-refractivity contribution in [1.29, 1.82) is 0 Å². The Hall–Kier alpha value is -6.16. The maximum Gasteiger partial charge on any atom is 0.407 e. The van der Waals surface area contributed by atoms with Crippen molar-refractivity contribution in [1.82, 2.24) is 40.4 Å². The zero-order valence-corrected chi connectivity index (χ0v) is 36.5. The molecule has 2 aromatic heterocycles. The number of benzene rings is 3. The van der Waals surface area contributed by atoms with Crippen molar-refractivity contribution < 1.29 is 38.1 Å². The number of likely N-dealkylation sites (tertiary alicyclic amines) is 2. The number of H-pyrrole nitrogens is 2. The summed E-state index contributed by atoms with van der Waals surface area (Å²) < 4.78 is 21.6. The predicted molar refractivity (Wildman–Crippen MR) is 232 cm³/mol. The largest absolute Gasteiger partial charge is 0.488 e. The molecule has 0 aliphatic carbocycles. The summed E-state index contributed by atoms with van der Waals surface area (Å²) in [4.78, 5) is 72.8. The molecule has 62 heavy (non-hydrogen) atoms. The number of ether oxygens (including phenoxy) is 4. The Morgan fingerprint density at radius 2 is 1.58 bits per heavy atom. The molecule has 4 N–H and O–H groups in total. The first kappa shape index (κ1) is 42.5. The number of carbonyl (C=O) groups is 4. The number of alkyl carbamates (subject to hydrolysis) is 2. The van der Waals surface area contributed by atoms with Gasteiger partial charge in [0.2, 0.25) is 11.8 Å². The highest BCUT2D eigenvalue weighted by molar-refractivity contribution is 6.07. The fraction of sp³-hybridized carbons (Fsp3) is 0.478. The third kappa shape index (κ3) is 7.91. The SMILES string of the molecule is COC[C@H]1C[C@@H](c2nc3c(ccc4cc5c(cc43)OCc3cc(-c4cnc([C@@H]6CC[C@H](C)N6C(=O)[C@@H](NC(=O)OC)C(C)C)[nH]4)ccc3-5)[nH]2)N(C(=O)[C@@H](NC(=O)OC)C(C)C)C1. The fourth-order valence-electron chi connectivity index (χ4n) is 9.43. The van der Waals surface area contributed by atoms with E-state index in [0.29, 0.717) is 37.8 Å². The van der Waals surface area contributed by atoms with Crippen molar-refractivity contribution in [3.05, 3.63) is 65.9 Å². The molecule has 3 aromatic carbocycles. The lowest BCUT2D eigenvalue weighted by atomic mass is 9.92. The first-order valence-electron chi connectivity index (χ1n) is 21.4. The van der Waals surface area contributed by atoms with Crippen LogP contribution in [0.15, 0.2) is 48.7 Å². The van der Waals surface area contributed by atoms with Crippen LogP contribution in [-0.4, -0.2) is 106 Å². The van der Waals surface area contributed by atoms with Crippen LogP contribution in [0.4, 0.5) is 9.59 Å². The molecule has 0 unspecified atom stereocenters. The van der Waals surface area contributed by atoms with E-state index < -0.39 is 24.3 Å². The van der Waals surface area contributed by atoms with Crippen LogP contribution < -0.4 is 15.4 Å². The minimum absolute atomic E-state index is 0.0204. The zero-order valence-electron chi connectivity index (χ0n) is 36.5. The number of hydrogen-bond donors (Lipinski definition) is 4. The van der Waals surface area contributed by atoms with Crippen LogP contribution >= 0.6 is 0 Å². The van der Waals surface area contributed by atoms with Crippen molar-refractivity contribution in [2.75, 3.05) is 34.5 Å². The summed E-state index contributed by atoms with van der Waals surface area (Å²) in [5.74, 6) is 1.59. The molecule has 8 rings (SSSR count). The fourth-order valence-corrected chi connectivity index (χ4v) is 9.43. The maximum absolute atomic E-state index is 14.1. The summed E-state index contributed by atoms with van der Waals surface area (Å²) >= 11 is 0. The number of methoxy groups -OCH3 is 3. The molecule has 5 aromatic rings. The van der Waals surface area contributed by atoms with E-state index in [1.165, 1.54) is 14.2 Å². The van der Waals surface area contributed by atoms with E-state index in [4.69, 9.17) is 28.9 Å². The summed E-state index contributed by atoms with van der Waals surface area (Å²) in [6.07, 6.45) is 2.75. The second-order valence-corrected chi connectivity index (χ2v) is 17.5. The molecule has 2 saturated heterocycles. The highest BCUT2D eigenvalue weighted by Crippen LogP contribution is 2.44. The van der Waals surface area contributed by atoms with Crippen molar-refractivity contribution >= 4 is 45.8 Å². The van der Waals surface area contributed by atoms with Crippen LogP contribution in [0.1, 0.15) is 83.2 Å². The summed E-state index contributed by atoms with van der Waals surface area (Å²) in [5.41, 5.74) is 6.50. The molecule has 6 atom stereocenters. The lowest BCUT2D eigenvalue weighted by molar-refractivity contribution is -0.137. The predicted octanol–water partition coefficient (Wildman–Crippen LogP) is 7.01. The molecule has 0 saturated carbocycles. The standard InChI is InChI=1S/C46H56N8O8/c1-23(2)38(51-45(57)60-7)43(55)53-20-26(21-59-6)15-36(53)42-48-33-13-11-27-17-32-30-12-10-28(16-29(30)22-62-37(32)18-31(27)40(33)50-42)34-19-47-41(49-34)35-14-9-25(5)54(35)44(56)39(24(3)4)52-46(58)61-8/h10-13,16-19,23-26,35-36,38-39H,9,14-15,20-22H2,1-8H3,(H,47,49)(H,48,50)(H,51,57)(H,52,58)/t25-,26-,35-,36-,38-,39-/m0/s1. The molecule has 0 spiro atoms. The van der Waals surface area contributed by atoms with Crippen LogP contribution in [-0.2, 0) is 30.4 Å². The van der Waals surface area contributed by atoms with Gasteiger partial charge < -0.3 is 49.3 Å². The van der Waals surface area contributed by atoms with Gasteiger partial charge in [-0.05, 0) is 84.4 Å². The zero-order chi connectivity index (χ0) is 44.0. The van der Waals surface area contributed by atoms with Crippen molar-refractivity contribution in [2.24, 2.45) is 17.8 Å². The number of imidazole rings is 2. The molecule has 5 heterocycles. The number of aromatic nitrogens is 4. The second-order valence-electron chi connectivity index (χ2n) is 17.5. The summed E-state index contributed by atoms with van der Waals surface area (Å²) in [7, 11) is 4.24. The molecule has 0 radical (unpaired) electrons. The molecular weight excluding hydrogens is 793 g/mol. The van der Waals surface area contributed by atoms with Crippen LogP contribution in [0.5, 0.6) is 5.75 Å². The maximum atomic E-state index is 14.1. The topological polar surface area (TPSA) is 193 Å². The number of nitrogens with one attached hydrogen (secondary N) is 4. The molecule has 2 fully saturated rings. The number of fused-ring (bicyclic) bond motifs is 6. The minimum atomic E-state index is -0.762. The van der Waals surface area contributed by atoms with Gasteiger partial charge >= 0.3 is 12.2 Å². The van der Waals surface area contributed by atoms with Gasteiger partial charge in [0, 0.05) is 36.6 Å². The summed E-state index contributed by atoms with van der Waals surface area (Å²) in [6.45, 7) is 11.0. The van der Waals surface area contributed by atoms with Crippen LogP contribution in [0.3, 0.4) is 0 Å². The number of nitrogens with zero attached hydrogens (tertiary/aromatic N) is 4. The van der Waals surface area contributed by atoms with Gasteiger partial charge in [-0.25, -0.2) is 19.6 Å². The van der Waals surface area contributed by atoms with Crippen LogP contribution in [0.25, 0.3) is 44.2 Å². The van der Waals surface area contributed by atoms with Gasteiger partial charge in [-0.2, -0.15) is 0 Å². The van der Waals surface area contributed by atoms with Crippen LogP contribution in [0, 0.1) is 17.8 Å². The molecule has 328 valence electrons. The Kier molecular flexibility index (Phi) is 11.9. The lowest BCUT2D eigenvalue weighted by Crippen LogP contribution is -2.52. The first-order chi connectivity index (χ1) is 29.8. The molecule has 16 nitrogen and oxygen atoms in total. The van der Waals surface area contributed by atoms with E-state index in [1.54, 1.807) is 7.11 Å². The number of carbonyl (C=O) groups excluding carboxylic acids is 4. The number of rotatable bonds is 11. The normalized spacial score (nSPS) is 20.5. The van der Waals surface area contributed by atoms with E-state index in [1.807, 2.05) is 56.7 Å².